The number of hydrogen-bond acceptors (Lipinski definition) is 5. The van der Waals surface area contributed by atoms with Gasteiger partial charge >= 0.3 is 5.97 Å². The second kappa shape index (κ2) is 5.34. The lowest BCUT2D eigenvalue weighted by Gasteiger charge is -2.07. The molecule has 0 atom stereocenters. The van der Waals surface area contributed by atoms with Crippen LogP contribution in [0.5, 0.6) is 0 Å². The van der Waals surface area contributed by atoms with Crippen LogP contribution in [-0.2, 0) is 10.0 Å². The van der Waals surface area contributed by atoms with Gasteiger partial charge in [0.1, 0.15) is 15.7 Å². The fourth-order valence-electron chi connectivity index (χ4n) is 1.91. The zero-order valence-electron chi connectivity index (χ0n) is 11.0. The number of halogens is 1. The minimum atomic E-state index is -4.03. The van der Waals surface area contributed by atoms with Crippen molar-refractivity contribution in [2.75, 3.05) is 4.72 Å². The number of rotatable bonds is 4. The number of aryl methyl sites for hydroxylation is 1. The van der Waals surface area contributed by atoms with Crippen LogP contribution >= 0.6 is 11.6 Å². The lowest BCUT2D eigenvalue weighted by molar-refractivity contribution is 0.0690. The van der Waals surface area contributed by atoms with E-state index in [9.17, 15) is 13.2 Å². The molecule has 0 unspecified atom stereocenters. The van der Waals surface area contributed by atoms with Crippen molar-refractivity contribution in [3.63, 3.8) is 0 Å². The first-order valence-corrected chi connectivity index (χ1v) is 7.52. The normalized spacial score (nSPS) is 11.4. The minimum absolute atomic E-state index is 0.0800. The molecule has 0 saturated carbocycles. The molecule has 8 nitrogen and oxygen atoms in total. The summed E-state index contributed by atoms with van der Waals surface area (Å²) in [6.07, 6.45) is 1.30. The van der Waals surface area contributed by atoms with Crippen LogP contribution in [0.4, 0.5) is 5.95 Å². The molecule has 0 aliphatic heterocycles. The number of H-pyrrole nitrogens is 1. The average molecular weight is 331 g/mol. The highest BCUT2D eigenvalue weighted by Gasteiger charge is 2.27. The van der Waals surface area contributed by atoms with Crippen molar-refractivity contribution >= 4 is 33.5 Å². The highest BCUT2D eigenvalue weighted by Crippen LogP contribution is 2.24. The van der Waals surface area contributed by atoms with Gasteiger partial charge in [0.25, 0.3) is 10.0 Å². The molecule has 112 valence electrons. The van der Waals surface area contributed by atoms with Crippen LogP contribution in [0.3, 0.4) is 0 Å². The molecule has 0 aromatic carbocycles. The lowest BCUT2D eigenvalue weighted by Crippen LogP contribution is -2.16. The van der Waals surface area contributed by atoms with Gasteiger partial charge in [-0.2, -0.15) is 0 Å². The Hall–Kier alpha value is -2.13. The van der Waals surface area contributed by atoms with E-state index < -0.39 is 16.0 Å². The number of aromatic amines is 1. The lowest BCUT2D eigenvalue weighted by atomic mass is 10.2. The van der Waals surface area contributed by atoms with E-state index in [0.29, 0.717) is 0 Å². The third-order valence-corrected chi connectivity index (χ3v) is 4.51. The Morgan fingerprint density at radius 2 is 2.10 bits per heavy atom. The van der Waals surface area contributed by atoms with Crippen molar-refractivity contribution in [1.29, 1.82) is 0 Å². The molecule has 21 heavy (non-hydrogen) atoms. The molecule has 0 bridgehead atoms. The molecule has 3 N–H and O–H groups in total. The molecule has 2 rings (SSSR count). The summed E-state index contributed by atoms with van der Waals surface area (Å²) < 4.78 is 26.8. The third-order valence-electron chi connectivity index (χ3n) is 2.70. The Labute approximate surface area is 125 Å². The summed E-state index contributed by atoms with van der Waals surface area (Å²) in [6, 6.07) is 1.40. The molecular weight excluding hydrogens is 320 g/mol. The van der Waals surface area contributed by atoms with Gasteiger partial charge in [0.05, 0.1) is 0 Å². The first-order chi connectivity index (χ1) is 9.72. The van der Waals surface area contributed by atoms with E-state index >= 15 is 0 Å². The van der Waals surface area contributed by atoms with Crippen molar-refractivity contribution in [1.82, 2.24) is 15.0 Å². The fourth-order valence-corrected chi connectivity index (χ4v) is 3.44. The van der Waals surface area contributed by atoms with Crippen LogP contribution in [-0.4, -0.2) is 34.4 Å². The maximum absolute atomic E-state index is 12.3. The van der Waals surface area contributed by atoms with E-state index in [4.69, 9.17) is 16.7 Å². The van der Waals surface area contributed by atoms with Crippen LogP contribution in [0.1, 0.15) is 21.7 Å². The Balaban J connectivity index is 2.48. The predicted molar refractivity (Wildman–Crippen MR) is 75.1 cm³/mol. The molecule has 0 fully saturated rings. The fraction of sp³-hybridized carbons (Fsp3) is 0.182. The van der Waals surface area contributed by atoms with Crippen LogP contribution in [0.2, 0.25) is 5.15 Å². The molecule has 0 radical (unpaired) electrons. The summed E-state index contributed by atoms with van der Waals surface area (Å²) in [5.74, 6) is -1.43. The number of hydrogen-bond donors (Lipinski definition) is 3. The van der Waals surface area contributed by atoms with E-state index in [-0.39, 0.29) is 32.9 Å². The van der Waals surface area contributed by atoms with Crippen molar-refractivity contribution in [3.8, 4) is 0 Å². The molecule has 0 saturated heterocycles. The molecule has 0 amide bonds. The van der Waals surface area contributed by atoms with E-state index in [1.165, 1.54) is 26.1 Å². The smallest absolute Gasteiger partial charge is 0.352 e. The Bertz CT molecular complexity index is 816. The zero-order chi connectivity index (χ0) is 15.8. The van der Waals surface area contributed by atoms with Crippen LogP contribution in [0.25, 0.3) is 0 Å². The van der Waals surface area contributed by atoms with Crippen molar-refractivity contribution in [2.45, 2.75) is 18.7 Å². The summed E-state index contributed by atoms with van der Waals surface area (Å²) >= 11 is 5.66. The minimum Gasteiger partial charge on any atom is -0.477 e. The standard InChI is InChI=1S/C11H11ClN4O4S/c1-5-8(10(17)18)14-6(2)9(5)21(19,20)16-11-13-4-3-7(12)15-11/h3-4,14H,1-2H3,(H,17,18)(H,13,15,16). The summed E-state index contributed by atoms with van der Waals surface area (Å²) in [7, 11) is -4.03. The van der Waals surface area contributed by atoms with Gasteiger partial charge in [-0.25, -0.2) is 27.9 Å². The van der Waals surface area contributed by atoms with Crippen LogP contribution in [0.15, 0.2) is 17.2 Å². The number of anilines is 1. The Kier molecular flexibility index (Phi) is 3.88. The number of carboxylic acids is 1. The molecule has 2 heterocycles. The van der Waals surface area contributed by atoms with Gasteiger partial charge in [-0.15, -0.1) is 0 Å². The van der Waals surface area contributed by atoms with E-state index in [2.05, 4.69) is 19.7 Å². The second-order valence-corrected chi connectivity index (χ2v) is 6.20. The highest BCUT2D eigenvalue weighted by molar-refractivity contribution is 7.92. The number of aromatic nitrogens is 3. The van der Waals surface area contributed by atoms with Gasteiger partial charge in [-0.05, 0) is 19.9 Å². The third kappa shape index (κ3) is 2.98. The van der Waals surface area contributed by atoms with Crippen LogP contribution in [0, 0.1) is 13.8 Å². The number of carboxylic acid groups (broad SMARTS) is 1. The van der Waals surface area contributed by atoms with Gasteiger partial charge in [0.2, 0.25) is 5.95 Å². The number of sulfonamides is 1. The Morgan fingerprint density at radius 1 is 1.43 bits per heavy atom. The summed E-state index contributed by atoms with van der Waals surface area (Å²) in [5, 5.41) is 9.09. The number of nitrogens with zero attached hydrogens (tertiary/aromatic N) is 2. The maximum Gasteiger partial charge on any atom is 0.352 e. The van der Waals surface area contributed by atoms with Gasteiger partial charge in [0.15, 0.2) is 0 Å². The number of carbonyl (C=O) groups is 1. The van der Waals surface area contributed by atoms with Gasteiger partial charge in [-0.3, -0.25) is 0 Å². The number of aromatic carboxylic acids is 1. The topological polar surface area (TPSA) is 125 Å². The molecule has 0 aliphatic carbocycles. The SMILES string of the molecule is Cc1[nH]c(C(=O)O)c(C)c1S(=O)(=O)Nc1nccc(Cl)n1. The summed E-state index contributed by atoms with van der Waals surface area (Å²) in [5.41, 5.74) is 0.133. The van der Waals surface area contributed by atoms with Crippen LogP contribution < -0.4 is 4.72 Å². The predicted octanol–water partition coefficient (Wildman–Crippen LogP) is 1.57. The summed E-state index contributed by atoms with van der Waals surface area (Å²) in [6.45, 7) is 2.87. The first kappa shape index (κ1) is 15.3. The molecule has 2 aromatic heterocycles. The quantitative estimate of drug-likeness (QED) is 0.731. The average Bonchev–Trinajstić information content (AvgIpc) is 2.64. The highest BCUT2D eigenvalue weighted by atomic mass is 35.5. The van der Waals surface area contributed by atoms with Gasteiger partial charge in [0, 0.05) is 17.5 Å². The second-order valence-electron chi connectivity index (χ2n) is 4.19. The van der Waals surface area contributed by atoms with E-state index in [1.54, 1.807) is 0 Å². The summed E-state index contributed by atoms with van der Waals surface area (Å²) in [4.78, 5) is 20.9. The zero-order valence-corrected chi connectivity index (χ0v) is 12.6. The van der Waals surface area contributed by atoms with Crippen molar-refractivity contribution in [3.05, 3.63) is 34.4 Å². The molecule has 10 heteroatoms. The van der Waals surface area contributed by atoms with E-state index in [1.807, 2.05) is 0 Å². The van der Waals surface area contributed by atoms with Crippen molar-refractivity contribution in [2.24, 2.45) is 0 Å². The van der Waals surface area contributed by atoms with Gasteiger partial charge < -0.3 is 10.1 Å². The number of nitrogens with one attached hydrogen (secondary N) is 2. The molecular formula is C11H11ClN4O4S. The largest absolute Gasteiger partial charge is 0.477 e. The monoisotopic (exact) mass is 330 g/mol. The Morgan fingerprint density at radius 3 is 2.62 bits per heavy atom. The maximum atomic E-state index is 12.3. The van der Waals surface area contributed by atoms with Crippen molar-refractivity contribution < 1.29 is 18.3 Å². The van der Waals surface area contributed by atoms with E-state index in [0.717, 1.165) is 0 Å². The molecule has 0 aliphatic rings. The first-order valence-electron chi connectivity index (χ1n) is 5.66. The van der Waals surface area contributed by atoms with Gasteiger partial charge in [-0.1, -0.05) is 11.6 Å². The molecule has 0 spiro atoms. The molecule has 2 aromatic rings.